The lowest BCUT2D eigenvalue weighted by molar-refractivity contribution is 0.315. The highest BCUT2D eigenvalue weighted by Gasteiger charge is 2.34. The van der Waals surface area contributed by atoms with Crippen molar-refractivity contribution in [2.45, 2.75) is 38.1 Å². The van der Waals surface area contributed by atoms with Gasteiger partial charge in [-0.25, -0.2) is 4.98 Å². The zero-order valence-corrected chi connectivity index (χ0v) is 18.1. The van der Waals surface area contributed by atoms with E-state index in [1.165, 1.54) is 0 Å². The minimum absolute atomic E-state index is 0.366. The molecule has 2 fully saturated rings. The van der Waals surface area contributed by atoms with Crippen LogP contribution < -0.4 is 4.90 Å². The summed E-state index contributed by atoms with van der Waals surface area (Å²) in [4.78, 5) is 9.42. The van der Waals surface area contributed by atoms with Crippen LogP contribution in [0.5, 0.6) is 0 Å². The summed E-state index contributed by atoms with van der Waals surface area (Å²) >= 11 is 0. The van der Waals surface area contributed by atoms with Gasteiger partial charge in [0.15, 0.2) is 11.5 Å². The first-order valence-corrected chi connectivity index (χ1v) is 10.8. The summed E-state index contributed by atoms with van der Waals surface area (Å²) in [7, 11) is 4.23. The molecule has 1 aromatic heterocycles. The maximum atomic E-state index is 10.0. The van der Waals surface area contributed by atoms with Crippen LogP contribution in [0.2, 0.25) is 0 Å². The van der Waals surface area contributed by atoms with E-state index in [0.29, 0.717) is 34.2 Å². The fourth-order valence-corrected chi connectivity index (χ4v) is 4.67. The second kappa shape index (κ2) is 7.41. The molecule has 1 saturated heterocycles. The number of benzene rings is 2. The van der Waals surface area contributed by atoms with Gasteiger partial charge in [0.05, 0.1) is 22.9 Å². The van der Waals surface area contributed by atoms with Crippen molar-refractivity contribution in [3.05, 3.63) is 46.8 Å². The van der Waals surface area contributed by atoms with E-state index in [1.54, 1.807) is 6.07 Å². The molecule has 0 N–H and O–H groups in total. The van der Waals surface area contributed by atoms with Gasteiger partial charge in [0.2, 0.25) is 0 Å². The third-order valence-corrected chi connectivity index (χ3v) is 6.61. The van der Waals surface area contributed by atoms with E-state index in [4.69, 9.17) is 9.40 Å². The molecule has 1 aliphatic carbocycles. The highest BCUT2D eigenvalue weighted by molar-refractivity contribution is 6.02. The summed E-state index contributed by atoms with van der Waals surface area (Å²) in [5, 5.41) is 19.5. The molecule has 2 aromatic carbocycles. The van der Waals surface area contributed by atoms with Crippen LogP contribution in [0.25, 0.3) is 22.2 Å². The fourth-order valence-electron chi connectivity index (χ4n) is 4.67. The molecule has 6 nitrogen and oxygen atoms in total. The second-order valence-electron chi connectivity index (χ2n) is 8.88. The largest absolute Gasteiger partial charge is 0.438 e. The average molecular weight is 412 g/mol. The molecule has 6 heteroatoms. The number of anilines is 1. The Balaban J connectivity index is 1.80. The molecule has 3 aromatic rings. The Kier molecular flexibility index (Phi) is 4.68. The van der Waals surface area contributed by atoms with Crippen molar-refractivity contribution in [1.82, 2.24) is 9.88 Å². The molecular weight excluding hydrogens is 386 g/mol. The lowest BCUT2D eigenvalue weighted by Crippen LogP contribution is -2.31. The molecule has 2 heterocycles. The minimum atomic E-state index is 0.366. The van der Waals surface area contributed by atoms with Crippen LogP contribution in [0.15, 0.2) is 28.7 Å². The number of oxazole rings is 1. The number of hydrogen-bond donors (Lipinski definition) is 0. The third kappa shape index (κ3) is 3.24. The Bertz CT molecular complexity index is 1260. The first kappa shape index (κ1) is 19.6. The lowest BCUT2D eigenvalue weighted by Gasteiger charge is -2.25. The second-order valence-corrected chi connectivity index (χ2v) is 8.88. The number of fused-ring (bicyclic) bond motifs is 1. The Morgan fingerprint density at radius 3 is 2.61 bits per heavy atom. The molecule has 0 radical (unpaired) electrons. The standard InChI is InChI=1S/C25H25N5O/c1-15-20(13-27)22-24(31-25(28-22)17-7-8-17)23(30-10-9-19(14-30)29(2)3)21(15)18-6-4-5-16(11-18)12-26/h4-6,11,17,19H,7-10,14H2,1-3H3/t19-/m0/s1. The van der Waals surface area contributed by atoms with Gasteiger partial charge in [0.1, 0.15) is 11.6 Å². The van der Waals surface area contributed by atoms with E-state index in [2.05, 4.69) is 36.0 Å². The molecule has 5 rings (SSSR count). The van der Waals surface area contributed by atoms with Gasteiger partial charge in [-0.2, -0.15) is 10.5 Å². The molecule has 0 spiro atoms. The molecule has 0 amide bonds. The van der Waals surface area contributed by atoms with E-state index in [0.717, 1.165) is 60.6 Å². The fraction of sp³-hybridized carbons (Fsp3) is 0.400. The number of aromatic nitrogens is 1. The molecule has 1 atom stereocenters. The molecule has 1 aliphatic heterocycles. The van der Waals surface area contributed by atoms with Crippen molar-refractivity contribution in [3.63, 3.8) is 0 Å². The summed E-state index contributed by atoms with van der Waals surface area (Å²) in [6, 6.07) is 12.7. The number of likely N-dealkylation sites (N-methyl/N-ethyl adjacent to an activating group) is 1. The summed E-state index contributed by atoms with van der Waals surface area (Å²) in [6.07, 6.45) is 3.24. The molecule has 156 valence electrons. The summed E-state index contributed by atoms with van der Waals surface area (Å²) in [6.45, 7) is 3.78. The number of rotatable bonds is 4. The first-order valence-electron chi connectivity index (χ1n) is 10.8. The Morgan fingerprint density at radius 1 is 1.16 bits per heavy atom. The van der Waals surface area contributed by atoms with E-state index in [9.17, 15) is 10.5 Å². The van der Waals surface area contributed by atoms with E-state index in [-0.39, 0.29) is 0 Å². The summed E-state index contributed by atoms with van der Waals surface area (Å²) in [5.41, 5.74) is 6.35. The van der Waals surface area contributed by atoms with Crippen molar-refractivity contribution < 1.29 is 4.42 Å². The quantitative estimate of drug-likeness (QED) is 0.626. The van der Waals surface area contributed by atoms with E-state index < -0.39 is 0 Å². The first-order chi connectivity index (χ1) is 15.0. The number of nitriles is 2. The molecule has 2 aliphatic rings. The highest BCUT2D eigenvalue weighted by Crippen LogP contribution is 2.47. The topological polar surface area (TPSA) is 80.1 Å². The third-order valence-electron chi connectivity index (χ3n) is 6.61. The zero-order chi connectivity index (χ0) is 21.7. The van der Waals surface area contributed by atoms with Crippen molar-refractivity contribution in [1.29, 1.82) is 10.5 Å². The van der Waals surface area contributed by atoms with Gasteiger partial charge in [0, 0.05) is 30.6 Å². The molecule has 1 saturated carbocycles. The molecule has 0 bridgehead atoms. The highest BCUT2D eigenvalue weighted by atomic mass is 16.4. The molecular formula is C25H25N5O. The van der Waals surface area contributed by atoms with Crippen LogP contribution in [0, 0.1) is 29.6 Å². The Hall–Kier alpha value is -3.35. The predicted molar refractivity (Wildman–Crippen MR) is 120 cm³/mol. The Labute approximate surface area is 182 Å². The van der Waals surface area contributed by atoms with Crippen LogP contribution in [0.3, 0.4) is 0 Å². The van der Waals surface area contributed by atoms with E-state index in [1.807, 2.05) is 25.1 Å². The van der Waals surface area contributed by atoms with Gasteiger partial charge < -0.3 is 14.2 Å². The maximum absolute atomic E-state index is 10.0. The van der Waals surface area contributed by atoms with Crippen molar-refractivity contribution in [2.24, 2.45) is 0 Å². The molecule has 0 unspecified atom stereocenters. The van der Waals surface area contributed by atoms with Gasteiger partial charge in [-0.1, -0.05) is 12.1 Å². The van der Waals surface area contributed by atoms with Crippen LogP contribution in [-0.4, -0.2) is 43.1 Å². The van der Waals surface area contributed by atoms with Crippen LogP contribution >= 0.6 is 0 Å². The lowest BCUT2D eigenvalue weighted by atomic mass is 9.92. The van der Waals surface area contributed by atoms with Gasteiger partial charge >= 0.3 is 0 Å². The predicted octanol–water partition coefficient (Wildman–Crippen LogP) is 4.56. The van der Waals surface area contributed by atoms with Crippen LogP contribution in [-0.2, 0) is 0 Å². The number of nitrogens with zero attached hydrogens (tertiary/aromatic N) is 5. The minimum Gasteiger partial charge on any atom is -0.438 e. The monoisotopic (exact) mass is 411 g/mol. The van der Waals surface area contributed by atoms with Crippen LogP contribution in [0.4, 0.5) is 5.69 Å². The smallest absolute Gasteiger partial charge is 0.198 e. The normalized spacial score (nSPS) is 18.5. The summed E-state index contributed by atoms with van der Waals surface area (Å²) < 4.78 is 6.36. The zero-order valence-electron chi connectivity index (χ0n) is 18.1. The van der Waals surface area contributed by atoms with Gasteiger partial charge in [-0.15, -0.1) is 0 Å². The SMILES string of the molecule is Cc1c(-c2cccc(C#N)c2)c(N2CC[C@H](N(C)C)C2)c2oc(C3CC3)nc2c1C#N. The summed E-state index contributed by atoms with van der Waals surface area (Å²) in [5.74, 6) is 1.11. The van der Waals surface area contributed by atoms with Crippen molar-refractivity contribution in [3.8, 4) is 23.3 Å². The van der Waals surface area contributed by atoms with Gasteiger partial charge in [-0.05, 0) is 63.5 Å². The van der Waals surface area contributed by atoms with E-state index >= 15 is 0 Å². The molecule has 31 heavy (non-hydrogen) atoms. The average Bonchev–Trinajstić information content (AvgIpc) is 3.33. The van der Waals surface area contributed by atoms with Crippen molar-refractivity contribution in [2.75, 3.05) is 32.1 Å². The number of hydrogen-bond acceptors (Lipinski definition) is 6. The van der Waals surface area contributed by atoms with Gasteiger partial charge in [0.25, 0.3) is 0 Å². The van der Waals surface area contributed by atoms with Crippen molar-refractivity contribution >= 4 is 16.8 Å². The van der Waals surface area contributed by atoms with Crippen LogP contribution in [0.1, 0.15) is 47.8 Å². The maximum Gasteiger partial charge on any atom is 0.198 e. The van der Waals surface area contributed by atoms with Gasteiger partial charge in [-0.3, -0.25) is 0 Å². The Morgan fingerprint density at radius 2 is 1.97 bits per heavy atom.